The Labute approximate surface area is 477 Å². The van der Waals surface area contributed by atoms with E-state index < -0.39 is 124 Å². The molecule has 0 radical (unpaired) electrons. The molecule has 1 aromatic carbocycles. The van der Waals surface area contributed by atoms with Crippen molar-refractivity contribution in [1.29, 1.82) is 10.5 Å². The SMILES string of the molecule is CCCOC(=O)[C@H](C)NP(=O)(N[C@@H](C)C(=O)OCC(C)c1ccc(OP(=O)(N[C@H](C)C(=O)OC(C)C)OCC2(N=[N+]=[N-])O[C@@](C#N)(c3ccc4c(N)ncnn34)[C@H](O)[C@@H]2O)cc1)OC[C@@]1(F)O[C@@](C#N)(c2ccc3c(N)ncnn23)[C@H](O)[C@@H]1O. The molecule has 0 saturated carbocycles. The fourth-order valence-electron chi connectivity index (χ4n) is 8.85. The van der Waals surface area contributed by atoms with E-state index in [0.717, 1.165) is 21.7 Å². The van der Waals surface area contributed by atoms with Crippen LogP contribution in [0.15, 0.2) is 66.3 Å². The molecule has 2 aliphatic rings. The van der Waals surface area contributed by atoms with E-state index in [-0.39, 0.29) is 53.0 Å². The number of rotatable bonds is 26. The molecule has 0 aliphatic carbocycles. The minimum Gasteiger partial charge on any atom is -0.465 e. The number of nitrogens with two attached hydrogens (primary N) is 2. The number of hydrogen-bond donors (Lipinski definition) is 9. The maximum Gasteiger partial charge on any atom is 0.459 e. The lowest BCUT2D eigenvalue weighted by atomic mass is 9.91. The second kappa shape index (κ2) is 25.4. The summed E-state index contributed by atoms with van der Waals surface area (Å²) in [6, 6.07) is 9.91. The quantitative estimate of drug-likeness (QED) is 0.00955. The Morgan fingerprint density at radius 2 is 1.30 bits per heavy atom. The number of nitrogens with one attached hydrogen (secondary N) is 3. The van der Waals surface area contributed by atoms with E-state index in [9.17, 15) is 60.0 Å². The van der Waals surface area contributed by atoms with E-state index in [1.165, 1.54) is 69.3 Å². The summed E-state index contributed by atoms with van der Waals surface area (Å²) in [7, 11) is -9.78. The molecule has 14 atom stereocenters. The van der Waals surface area contributed by atoms with Gasteiger partial charge in [0.05, 0.1) is 37.3 Å². The number of benzene rings is 1. The molecule has 4 unspecified atom stereocenters. The number of anilines is 2. The third-order valence-electron chi connectivity index (χ3n) is 13.2. The van der Waals surface area contributed by atoms with Crippen LogP contribution < -0.4 is 31.3 Å². The maximum absolute atomic E-state index is 16.8. The summed E-state index contributed by atoms with van der Waals surface area (Å²) < 4.78 is 92.7. The predicted molar refractivity (Wildman–Crippen MR) is 285 cm³/mol. The van der Waals surface area contributed by atoms with Crippen LogP contribution in [0.3, 0.4) is 0 Å². The van der Waals surface area contributed by atoms with Crippen molar-refractivity contribution in [2.45, 2.75) is 132 Å². The Kier molecular flexibility index (Phi) is 19.4. The molecule has 7 rings (SSSR count). The van der Waals surface area contributed by atoms with Gasteiger partial charge in [-0.3, -0.25) is 28.0 Å². The summed E-state index contributed by atoms with van der Waals surface area (Å²) in [5.41, 5.74) is 14.0. The molecule has 452 valence electrons. The number of ether oxygens (including phenoxy) is 5. The number of aliphatic hydroxyl groups excluding tert-OH is 4. The van der Waals surface area contributed by atoms with Gasteiger partial charge in [-0.15, -0.1) is 0 Å². The number of nitrogen functional groups attached to an aromatic ring is 2. The van der Waals surface area contributed by atoms with Gasteiger partial charge in [-0.2, -0.15) is 25.8 Å². The summed E-state index contributed by atoms with van der Waals surface area (Å²) in [6.45, 7) is 7.13. The van der Waals surface area contributed by atoms with E-state index in [1.807, 2.05) is 0 Å². The van der Waals surface area contributed by atoms with Gasteiger partial charge in [-0.05, 0) is 88.5 Å². The number of halogens is 1. The van der Waals surface area contributed by atoms with Gasteiger partial charge in [0.15, 0.2) is 11.6 Å². The third kappa shape index (κ3) is 12.8. The average molecular weight is 1220 g/mol. The molecule has 0 bridgehead atoms. The molecule has 5 aromatic rings. The zero-order valence-electron chi connectivity index (χ0n) is 45.9. The van der Waals surface area contributed by atoms with Gasteiger partial charge in [0.25, 0.3) is 5.85 Å². The number of esters is 3. The number of azide groups is 1. The van der Waals surface area contributed by atoms with Crippen LogP contribution in [0.4, 0.5) is 16.0 Å². The average Bonchev–Trinajstić information content (AvgIpc) is 1.64. The molecule has 84 heavy (non-hydrogen) atoms. The Morgan fingerprint density at radius 3 is 1.82 bits per heavy atom. The fraction of sp³-hybridized carbons (Fsp3) is 0.521. The van der Waals surface area contributed by atoms with Gasteiger partial charge in [-0.1, -0.05) is 31.1 Å². The molecule has 2 saturated heterocycles. The van der Waals surface area contributed by atoms with Crippen molar-refractivity contribution in [3.8, 4) is 17.9 Å². The highest BCUT2D eigenvalue weighted by molar-refractivity contribution is 7.54. The normalized spacial score (nSPS) is 26.8. The van der Waals surface area contributed by atoms with Gasteiger partial charge < -0.3 is 60.1 Å². The summed E-state index contributed by atoms with van der Waals surface area (Å²) in [4.78, 5) is 49.8. The molecule has 2 fully saturated rings. The van der Waals surface area contributed by atoms with Crippen LogP contribution >= 0.6 is 15.4 Å². The number of alkyl halides is 1. The molecule has 2 aliphatic heterocycles. The number of fused-ring (bicyclic) bond motifs is 2. The highest BCUT2D eigenvalue weighted by Crippen LogP contribution is 2.52. The van der Waals surface area contributed by atoms with Gasteiger partial charge in [-0.25, -0.2) is 38.1 Å². The van der Waals surface area contributed by atoms with Crippen molar-refractivity contribution in [2.24, 2.45) is 5.11 Å². The number of aliphatic hydroxyl groups is 4. The minimum absolute atomic E-state index is 0.0233. The van der Waals surface area contributed by atoms with Crippen molar-refractivity contribution in [2.75, 3.05) is 37.9 Å². The Bertz CT molecular complexity index is 3490. The molecule has 33 nitrogen and oxygen atoms in total. The maximum atomic E-state index is 16.8. The van der Waals surface area contributed by atoms with E-state index in [2.05, 4.69) is 45.5 Å². The van der Waals surface area contributed by atoms with E-state index in [0.29, 0.717) is 12.0 Å². The van der Waals surface area contributed by atoms with Gasteiger partial charge in [0.1, 0.15) is 90.7 Å². The van der Waals surface area contributed by atoms with Crippen LogP contribution in [0.25, 0.3) is 21.5 Å². The first kappa shape index (κ1) is 64.1. The number of nitrogens with zero attached hydrogens (tertiary/aromatic N) is 11. The smallest absolute Gasteiger partial charge is 0.459 e. The first-order chi connectivity index (χ1) is 39.6. The number of carbonyl (C=O) groups is 3. The first-order valence-corrected chi connectivity index (χ1v) is 28.8. The van der Waals surface area contributed by atoms with Gasteiger partial charge in [0.2, 0.25) is 16.9 Å². The Hall–Kier alpha value is -7.49. The summed E-state index contributed by atoms with van der Waals surface area (Å²) in [5.74, 6) is -7.25. The van der Waals surface area contributed by atoms with Crippen LogP contribution in [-0.4, -0.2) is 154 Å². The van der Waals surface area contributed by atoms with Gasteiger partial charge >= 0.3 is 33.3 Å². The molecule has 0 spiro atoms. The number of hydrogen-bond acceptors (Lipinski definition) is 26. The van der Waals surface area contributed by atoms with Crippen molar-refractivity contribution < 1.29 is 85.6 Å². The van der Waals surface area contributed by atoms with Crippen LogP contribution in [0.2, 0.25) is 0 Å². The molecule has 6 heterocycles. The lowest BCUT2D eigenvalue weighted by Crippen LogP contribution is -2.46. The second-order valence-corrected chi connectivity index (χ2v) is 23.4. The third-order valence-corrected chi connectivity index (χ3v) is 16.8. The summed E-state index contributed by atoms with van der Waals surface area (Å²) in [5, 5.41) is 84.8. The van der Waals surface area contributed by atoms with Gasteiger partial charge in [0, 0.05) is 10.8 Å². The molecular formula is C48H61FN16O17P2. The Balaban J connectivity index is 1.05. The summed E-state index contributed by atoms with van der Waals surface area (Å²) in [6.07, 6.45) is -7.40. The van der Waals surface area contributed by atoms with Crippen LogP contribution in [0.5, 0.6) is 5.75 Å². The number of nitriles is 2. The zero-order valence-corrected chi connectivity index (χ0v) is 47.7. The number of carbonyl (C=O) groups excluding carboxylic acids is 3. The molecule has 11 N–H and O–H groups in total. The molecule has 36 heteroatoms. The highest BCUT2D eigenvalue weighted by atomic mass is 31.2. The zero-order chi connectivity index (χ0) is 61.7. The standard InChI is InChI=1S/C48H61FN16O17P2/c1-8-17-75-42(70)27(5)59-83(73,77-21-47(49)38(68)36(66)45(19-50,81-47)34-15-13-32-40(52)55-23-57-64(32)34)60-28(6)43(71)76-18-26(4)30-9-11-31(12-10-30)80-84(74,61-29(7)44(72)79-25(2)3)78-22-48(62-63-54)39(69)37(67)46(20-51,82-48)35-16-14-33-41(53)56-24-58-65(33)35/h9-16,23-29,36-39,66-69H,8,17-18,21-22H2,1-7H3,(H,61,74)(H2,52,55,57)(H2,53,56,58)(H2,59,60,73)/t26?,27-,28-,29+,36+,37+,38-,39-,45-,46-,47+,48?,83?,84?/m0/s1. The fourth-order valence-corrected chi connectivity index (χ4v) is 12.2. The molecule has 4 aromatic heterocycles. The van der Waals surface area contributed by atoms with Crippen molar-refractivity contribution in [3.05, 3.63) is 88.6 Å². The lowest BCUT2D eigenvalue weighted by molar-refractivity contribution is -0.208. The first-order valence-electron chi connectivity index (χ1n) is 25.6. The monoisotopic (exact) mass is 1210 g/mol. The van der Waals surface area contributed by atoms with E-state index >= 15 is 4.39 Å². The topological polar surface area (TPSA) is 485 Å². The van der Waals surface area contributed by atoms with Crippen molar-refractivity contribution >= 4 is 56.0 Å². The van der Waals surface area contributed by atoms with Crippen LogP contribution in [0, 0.1) is 22.7 Å². The molecular weight excluding hydrogens is 1150 g/mol. The molecule has 0 amide bonds. The number of aromatic nitrogens is 6. The largest absolute Gasteiger partial charge is 0.465 e. The van der Waals surface area contributed by atoms with E-state index in [1.54, 1.807) is 39.8 Å². The second-order valence-electron chi connectivity index (χ2n) is 19.8. The van der Waals surface area contributed by atoms with E-state index in [4.69, 9.17) is 48.7 Å². The summed E-state index contributed by atoms with van der Waals surface area (Å²) >= 11 is 0. The van der Waals surface area contributed by atoms with Crippen molar-refractivity contribution in [1.82, 2.24) is 44.5 Å². The highest BCUT2D eigenvalue weighted by Gasteiger charge is 2.67. The van der Waals surface area contributed by atoms with Crippen LogP contribution in [-0.2, 0) is 67.4 Å². The minimum atomic E-state index is -4.92. The predicted octanol–water partition coefficient (Wildman–Crippen LogP) is 2.06. The van der Waals surface area contributed by atoms with Crippen molar-refractivity contribution in [3.63, 3.8) is 0 Å². The lowest BCUT2D eigenvalue weighted by Gasteiger charge is -2.30. The van der Waals surface area contributed by atoms with Crippen LogP contribution in [0.1, 0.15) is 77.8 Å². The Morgan fingerprint density at radius 1 is 0.774 bits per heavy atom.